The van der Waals surface area contributed by atoms with Crippen molar-refractivity contribution in [1.82, 2.24) is 4.90 Å². The van der Waals surface area contributed by atoms with Crippen molar-refractivity contribution in [3.63, 3.8) is 0 Å². The Hall–Kier alpha value is -0.160. The van der Waals surface area contributed by atoms with E-state index in [1.807, 2.05) is 0 Å². The fourth-order valence-corrected chi connectivity index (χ4v) is 2.19. The summed E-state index contributed by atoms with van der Waals surface area (Å²) < 4.78 is 10.7. The maximum atomic E-state index is 5.92. The SMILES string of the molecule is N[C@@H]1CCCN(CC2CCOCO2)C1. The minimum absolute atomic E-state index is 0.356. The molecule has 0 aromatic rings. The summed E-state index contributed by atoms with van der Waals surface area (Å²) in [7, 11) is 0. The van der Waals surface area contributed by atoms with Crippen LogP contribution in [0.5, 0.6) is 0 Å². The molecule has 2 N–H and O–H groups in total. The molecule has 0 amide bonds. The average Bonchev–Trinajstić information content (AvgIpc) is 2.19. The first-order valence-electron chi connectivity index (χ1n) is 5.52. The molecule has 4 heteroatoms. The zero-order valence-corrected chi connectivity index (χ0v) is 8.65. The Morgan fingerprint density at radius 3 is 3.00 bits per heavy atom. The number of ether oxygens (including phenoxy) is 2. The first-order valence-corrected chi connectivity index (χ1v) is 5.52. The van der Waals surface area contributed by atoms with E-state index >= 15 is 0 Å². The average molecular weight is 200 g/mol. The Balaban J connectivity index is 1.72. The minimum atomic E-state index is 0.356. The van der Waals surface area contributed by atoms with Gasteiger partial charge in [0, 0.05) is 19.1 Å². The molecule has 0 saturated carbocycles. The molecule has 0 aliphatic carbocycles. The van der Waals surface area contributed by atoms with Gasteiger partial charge in [0.2, 0.25) is 0 Å². The van der Waals surface area contributed by atoms with Gasteiger partial charge in [-0.15, -0.1) is 0 Å². The number of piperidine rings is 1. The van der Waals surface area contributed by atoms with Gasteiger partial charge in [-0.05, 0) is 25.8 Å². The molecular weight excluding hydrogens is 180 g/mol. The standard InChI is InChI=1S/C10H20N2O2/c11-9-2-1-4-12(6-9)7-10-3-5-13-8-14-10/h9-10H,1-8,11H2/t9-,10?/m1/s1. The fourth-order valence-electron chi connectivity index (χ4n) is 2.19. The molecule has 2 aliphatic rings. The molecule has 0 radical (unpaired) electrons. The van der Waals surface area contributed by atoms with E-state index in [-0.39, 0.29) is 0 Å². The van der Waals surface area contributed by atoms with Crippen LogP contribution in [0.25, 0.3) is 0 Å². The second kappa shape index (κ2) is 5.07. The normalized spacial score (nSPS) is 35.8. The van der Waals surface area contributed by atoms with E-state index in [1.54, 1.807) is 0 Å². The molecule has 82 valence electrons. The minimum Gasteiger partial charge on any atom is -0.355 e. The molecule has 4 nitrogen and oxygen atoms in total. The van der Waals surface area contributed by atoms with Gasteiger partial charge in [0.15, 0.2) is 0 Å². The highest BCUT2D eigenvalue weighted by Gasteiger charge is 2.21. The molecular formula is C10H20N2O2. The molecule has 2 fully saturated rings. The summed E-state index contributed by atoms with van der Waals surface area (Å²) in [6.07, 6.45) is 3.77. The Labute approximate surface area is 85.3 Å². The van der Waals surface area contributed by atoms with E-state index in [0.29, 0.717) is 18.9 Å². The fraction of sp³-hybridized carbons (Fsp3) is 1.00. The van der Waals surface area contributed by atoms with Crippen molar-refractivity contribution in [3.8, 4) is 0 Å². The third kappa shape index (κ3) is 2.92. The quantitative estimate of drug-likeness (QED) is 0.690. The molecule has 0 spiro atoms. The summed E-state index contributed by atoms with van der Waals surface area (Å²) in [6.45, 7) is 4.53. The summed E-state index contributed by atoms with van der Waals surface area (Å²) in [6, 6.07) is 0.364. The highest BCUT2D eigenvalue weighted by atomic mass is 16.7. The summed E-state index contributed by atoms with van der Waals surface area (Å²) in [4.78, 5) is 2.42. The van der Waals surface area contributed by atoms with E-state index in [2.05, 4.69) is 4.90 Å². The van der Waals surface area contributed by atoms with E-state index < -0.39 is 0 Å². The maximum absolute atomic E-state index is 5.92. The van der Waals surface area contributed by atoms with E-state index in [9.17, 15) is 0 Å². The highest BCUT2D eigenvalue weighted by Crippen LogP contribution is 2.12. The molecule has 1 unspecified atom stereocenters. The third-order valence-corrected chi connectivity index (χ3v) is 2.98. The molecule has 0 aromatic carbocycles. The van der Waals surface area contributed by atoms with E-state index in [1.165, 1.54) is 19.4 Å². The van der Waals surface area contributed by atoms with Crippen LogP contribution in [-0.4, -0.2) is 50.1 Å². The summed E-state index contributed by atoms with van der Waals surface area (Å²) >= 11 is 0. The third-order valence-electron chi connectivity index (χ3n) is 2.98. The molecule has 14 heavy (non-hydrogen) atoms. The second-order valence-electron chi connectivity index (χ2n) is 4.27. The van der Waals surface area contributed by atoms with Gasteiger partial charge < -0.3 is 15.2 Å². The number of nitrogens with two attached hydrogens (primary N) is 1. The Bertz CT molecular complexity index is 172. The van der Waals surface area contributed by atoms with Gasteiger partial charge in [-0.1, -0.05) is 0 Å². The number of rotatable bonds is 2. The first kappa shape index (κ1) is 10.4. The largest absolute Gasteiger partial charge is 0.355 e. The van der Waals surface area contributed by atoms with Gasteiger partial charge in [-0.3, -0.25) is 4.90 Å². The van der Waals surface area contributed by atoms with Crippen LogP contribution >= 0.6 is 0 Å². The van der Waals surface area contributed by atoms with Crippen LogP contribution in [0.15, 0.2) is 0 Å². The van der Waals surface area contributed by atoms with Crippen molar-refractivity contribution >= 4 is 0 Å². The predicted octanol–water partition coefficient (Wildman–Crippen LogP) is 0.172. The van der Waals surface area contributed by atoms with Crippen LogP contribution < -0.4 is 5.73 Å². The highest BCUT2D eigenvalue weighted by molar-refractivity contribution is 4.77. The van der Waals surface area contributed by atoms with E-state index in [4.69, 9.17) is 15.2 Å². The topological polar surface area (TPSA) is 47.7 Å². The van der Waals surface area contributed by atoms with Gasteiger partial charge in [-0.2, -0.15) is 0 Å². The molecule has 0 bridgehead atoms. The molecule has 2 aliphatic heterocycles. The van der Waals surface area contributed by atoms with Crippen LogP contribution in [0.4, 0.5) is 0 Å². The maximum Gasteiger partial charge on any atom is 0.147 e. The summed E-state index contributed by atoms with van der Waals surface area (Å²) in [5.74, 6) is 0. The van der Waals surface area contributed by atoms with Gasteiger partial charge in [0.1, 0.15) is 6.79 Å². The zero-order chi connectivity index (χ0) is 9.80. The van der Waals surface area contributed by atoms with Gasteiger partial charge >= 0.3 is 0 Å². The molecule has 2 atom stereocenters. The Kier molecular flexibility index (Phi) is 3.75. The van der Waals surface area contributed by atoms with Gasteiger partial charge in [0.25, 0.3) is 0 Å². The molecule has 2 heterocycles. The number of hydrogen-bond acceptors (Lipinski definition) is 4. The van der Waals surface area contributed by atoms with Crippen molar-refractivity contribution < 1.29 is 9.47 Å². The van der Waals surface area contributed by atoms with Crippen LogP contribution in [0.2, 0.25) is 0 Å². The zero-order valence-electron chi connectivity index (χ0n) is 8.65. The second-order valence-corrected chi connectivity index (χ2v) is 4.27. The van der Waals surface area contributed by atoms with Crippen molar-refractivity contribution in [2.24, 2.45) is 5.73 Å². The first-order chi connectivity index (χ1) is 6.84. The van der Waals surface area contributed by atoms with Crippen molar-refractivity contribution in [2.75, 3.05) is 33.0 Å². The monoisotopic (exact) mass is 200 g/mol. The van der Waals surface area contributed by atoms with Crippen molar-refractivity contribution in [1.29, 1.82) is 0 Å². The smallest absolute Gasteiger partial charge is 0.147 e. The molecule has 0 aromatic heterocycles. The number of hydrogen-bond donors (Lipinski definition) is 1. The lowest BCUT2D eigenvalue weighted by Gasteiger charge is -2.34. The predicted molar refractivity (Wildman–Crippen MR) is 54.0 cm³/mol. The van der Waals surface area contributed by atoms with E-state index in [0.717, 1.165) is 26.1 Å². The van der Waals surface area contributed by atoms with Crippen LogP contribution in [-0.2, 0) is 9.47 Å². The lowest BCUT2D eigenvalue weighted by molar-refractivity contribution is -0.145. The van der Waals surface area contributed by atoms with Crippen molar-refractivity contribution in [3.05, 3.63) is 0 Å². The number of likely N-dealkylation sites (tertiary alicyclic amines) is 1. The van der Waals surface area contributed by atoms with Crippen LogP contribution in [0.3, 0.4) is 0 Å². The van der Waals surface area contributed by atoms with Crippen molar-refractivity contribution in [2.45, 2.75) is 31.4 Å². The molecule has 2 saturated heterocycles. The lowest BCUT2D eigenvalue weighted by atomic mass is 10.1. The van der Waals surface area contributed by atoms with Crippen LogP contribution in [0, 0.1) is 0 Å². The Morgan fingerprint density at radius 1 is 1.36 bits per heavy atom. The summed E-state index contributed by atoms with van der Waals surface area (Å²) in [5, 5.41) is 0. The molecule has 2 rings (SSSR count). The Morgan fingerprint density at radius 2 is 2.29 bits per heavy atom. The number of nitrogens with zero attached hydrogens (tertiary/aromatic N) is 1. The van der Waals surface area contributed by atoms with Gasteiger partial charge in [-0.25, -0.2) is 0 Å². The van der Waals surface area contributed by atoms with Crippen LogP contribution in [0.1, 0.15) is 19.3 Å². The summed E-state index contributed by atoms with van der Waals surface area (Å²) in [5.41, 5.74) is 5.92. The lowest BCUT2D eigenvalue weighted by Crippen LogP contribution is -2.46. The van der Waals surface area contributed by atoms with Gasteiger partial charge in [0.05, 0.1) is 12.7 Å².